The lowest BCUT2D eigenvalue weighted by Crippen LogP contribution is -2.36. The highest BCUT2D eigenvalue weighted by molar-refractivity contribution is 4.80. The Morgan fingerprint density at radius 2 is 2.25 bits per heavy atom. The zero-order valence-corrected chi connectivity index (χ0v) is 8.14. The van der Waals surface area contributed by atoms with Crippen LogP contribution in [0, 0.1) is 5.41 Å². The molecule has 12 heavy (non-hydrogen) atoms. The fourth-order valence-corrected chi connectivity index (χ4v) is 1.74. The Labute approximate surface area is 74.8 Å². The number of hydrogen-bond acceptors (Lipinski definition) is 3. The highest BCUT2D eigenvalue weighted by Gasteiger charge is 2.23. The van der Waals surface area contributed by atoms with E-state index in [1.165, 1.54) is 0 Å². The number of hydrogen-bond donors (Lipinski definition) is 2. The van der Waals surface area contributed by atoms with Crippen LogP contribution in [-0.2, 0) is 0 Å². The van der Waals surface area contributed by atoms with E-state index in [1.54, 1.807) is 0 Å². The van der Waals surface area contributed by atoms with E-state index in [0.717, 1.165) is 32.7 Å². The van der Waals surface area contributed by atoms with Crippen LogP contribution in [-0.4, -0.2) is 49.3 Å². The van der Waals surface area contributed by atoms with Crippen LogP contribution in [0.2, 0.25) is 0 Å². The highest BCUT2D eigenvalue weighted by Crippen LogP contribution is 2.17. The average Bonchev–Trinajstić information content (AvgIpc) is 2.11. The van der Waals surface area contributed by atoms with Crippen molar-refractivity contribution in [3.05, 3.63) is 0 Å². The van der Waals surface area contributed by atoms with Gasteiger partial charge in [-0.1, -0.05) is 13.8 Å². The predicted molar refractivity (Wildman–Crippen MR) is 50.2 cm³/mol. The van der Waals surface area contributed by atoms with Crippen molar-refractivity contribution in [3.63, 3.8) is 0 Å². The Hall–Kier alpha value is -0.120. The molecule has 0 atom stereocenters. The normalized spacial score (nSPS) is 25.2. The van der Waals surface area contributed by atoms with Gasteiger partial charge in [0.1, 0.15) is 0 Å². The van der Waals surface area contributed by atoms with Crippen LogP contribution in [0.15, 0.2) is 0 Å². The number of nitrogens with zero attached hydrogens (tertiary/aromatic N) is 1. The van der Waals surface area contributed by atoms with E-state index in [1.807, 2.05) is 0 Å². The standard InChI is InChI=1S/C9H20N2O/c1-9(2)7-10-3-4-11(8-9)5-6-12/h10,12H,3-8H2,1-2H3. The molecule has 2 N–H and O–H groups in total. The van der Waals surface area contributed by atoms with Gasteiger partial charge in [-0.15, -0.1) is 0 Å². The Morgan fingerprint density at radius 3 is 2.92 bits per heavy atom. The van der Waals surface area contributed by atoms with Gasteiger partial charge < -0.3 is 10.4 Å². The van der Waals surface area contributed by atoms with Crippen molar-refractivity contribution in [2.24, 2.45) is 5.41 Å². The van der Waals surface area contributed by atoms with Crippen molar-refractivity contribution >= 4 is 0 Å². The van der Waals surface area contributed by atoms with Crippen LogP contribution in [0.4, 0.5) is 0 Å². The number of β-amino-alcohol motifs (C(OH)–C–C–N with tert-alkyl or cyclic N) is 1. The lowest BCUT2D eigenvalue weighted by Gasteiger charge is -2.28. The minimum Gasteiger partial charge on any atom is -0.395 e. The van der Waals surface area contributed by atoms with E-state index < -0.39 is 0 Å². The maximum absolute atomic E-state index is 8.82. The SMILES string of the molecule is CC1(C)CNCCN(CCO)C1. The minimum absolute atomic E-state index is 0.274. The zero-order valence-electron chi connectivity index (χ0n) is 8.14. The molecule has 3 nitrogen and oxygen atoms in total. The number of rotatable bonds is 2. The van der Waals surface area contributed by atoms with Crippen LogP contribution >= 0.6 is 0 Å². The summed E-state index contributed by atoms with van der Waals surface area (Å²) in [5.74, 6) is 0. The molecule has 1 fully saturated rings. The molecule has 0 aromatic rings. The predicted octanol–water partition coefficient (Wildman–Crippen LogP) is -0.0899. The summed E-state index contributed by atoms with van der Waals surface area (Å²) in [6, 6.07) is 0. The van der Waals surface area contributed by atoms with Crippen LogP contribution in [0.25, 0.3) is 0 Å². The second kappa shape index (κ2) is 4.21. The molecule has 0 bridgehead atoms. The van der Waals surface area contributed by atoms with Gasteiger partial charge in [-0.3, -0.25) is 4.90 Å². The molecule has 0 saturated carbocycles. The fourth-order valence-electron chi connectivity index (χ4n) is 1.74. The lowest BCUT2D eigenvalue weighted by molar-refractivity contribution is 0.164. The molecular weight excluding hydrogens is 152 g/mol. The molecule has 0 radical (unpaired) electrons. The smallest absolute Gasteiger partial charge is 0.0558 e. The molecule has 0 aliphatic carbocycles. The van der Waals surface area contributed by atoms with Gasteiger partial charge in [0.25, 0.3) is 0 Å². The summed E-state index contributed by atoms with van der Waals surface area (Å²) in [5, 5.41) is 12.2. The zero-order chi connectivity index (χ0) is 9.03. The van der Waals surface area contributed by atoms with Crippen LogP contribution < -0.4 is 5.32 Å². The van der Waals surface area contributed by atoms with Crippen LogP contribution in [0.1, 0.15) is 13.8 Å². The fraction of sp³-hybridized carbons (Fsp3) is 1.00. The van der Waals surface area contributed by atoms with Gasteiger partial charge in [0.05, 0.1) is 6.61 Å². The molecule has 3 heteroatoms. The first kappa shape index (κ1) is 9.96. The van der Waals surface area contributed by atoms with Crippen LogP contribution in [0.3, 0.4) is 0 Å². The second-order valence-electron chi connectivity index (χ2n) is 4.34. The van der Waals surface area contributed by atoms with Crippen molar-refractivity contribution < 1.29 is 5.11 Å². The van der Waals surface area contributed by atoms with E-state index >= 15 is 0 Å². The van der Waals surface area contributed by atoms with Crippen molar-refractivity contribution in [2.75, 3.05) is 39.3 Å². The van der Waals surface area contributed by atoms with Gasteiger partial charge in [0.15, 0.2) is 0 Å². The molecule has 1 saturated heterocycles. The molecule has 0 spiro atoms. The molecule has 0 aromatic heterocycles. The number of nitrogens with one attached hydrogen (secondary N) is 1. The average molecular weight is 172 g/mol. The topological polar surface area (TPSA) is 35.5 Å². The first-order chi connectivity index (χ1) is 5.64. The summed E-state index contributed by atoms with van der Waals surface area (Å²) in [6.07, 6.45) is 0. The maximum Gasteiger partial charge on any atom is 0.0558 e. The Balaban J connectivity index is 2.42. The van der Waals surface area contributed by atoms with Crippen molar-refractivity contribution in [3.8, 4) is 0 Å². The number of aliphatic hydroxyl groups excluding tert-OH is 1. The molecular formula is C9H20N2O. The number of aliphatic hydroxyl groups is 1. The molecule has 72 valence electrons. The van der Waals surface area contributed by atoms with E-state index in [0.29, 0.717) is 5.41 Å². The summed E-state index contributed by atoms with van der Waals surface area (Å²) < 4.78 is 0. The minimum atomic E-state index is 0.274. The van der Waals surface area contributed by atoms with Gasteiger partial charge in [0, 0.05) is 32.7 Å². The molecule has 1 rings (SSSR count). The van der Waals surface area contributed by atoms with E-state index in [9.17, 15) is 0 Å². The molecule has 1 heterocycles. The van der Waals surface area contributed by atoms with Crippen LogP contribution in [0.5, 0.6) is 0 Å². The highest BCUT2D eigenvalue weighted by atomic mass is 16.3. The van der Waals surface area contributed by atoms with Crippen molar-refractivity contribution in [2.45, 2.75) is 13.8 Å². The van der Waals surface area contributed by atoms with Gasteiger partial charge in [-0.25, -0.2) is 0 Å². The summed E-state index contributed by atoms with van der Waals surface area (Å²) in [5.41, 5.74) is 0.339. The third-order valence-corrected chi connectivity index (χ3v) is 2.28. The summed E-state index contributed by atoms with van der Waals surface area (Å²) in [4.78, 5) is 2.32. The monoisotopic (exact) mass is 172 g/mol. The van der Waals surface area contributed by atoms with E-state index in [-0.39, 0.29) is 6.61 Å². The lowest BCUT2D eigenvalue weighted by atomic mass is 9.93. The van der Waals surface area contributed by atoms with Gasteiger partial charge in [-0.05, 0) is 5.41 Å². The summed E-state index contributed by atoms with van der Waals surface area (Å²) in [7, 11) is 0. The first-order valence-electron chi connectivity index (χ1n) is 4.68. The third kappa shape index (κ3) is 3.09. The maximum atomic E-state index is 8.82. The summed E-state index contributed by atoms with van der Waals surface area (Å²) in [6.45, 7) is 9.87. The van der Waals surface area contributed by atoms with Gasteiger partial charge in [-0.2, -0.15) is 0 Å². The molecule has 0 aromatic carbocycles. The molecule has 0 amide bonds. The molecule has 0 unspecified atom stereocenters. The van der Waals surface area contributed by atoms with Gasteiger partial charge >= 0.3 is 0 Å². The third-order valence-electron chi connectivity index (χ3n) is 2.28. The molecule has 1 aliphatic rings. The Bertz CT molecular complexity index is 136. The van der Waals surface area contributed by atoms with Gasteiger partial charge in [0.2, 0.25) is 0 Å². The summed E-state index contributed by atoms with van der Waals surface area (Å²) >= 11 is 0. The van der Waals surface area contributed by atoms with E-state index in [2.05, 4.69) is 24.1 Å². The van der Waals surface area contributed by atoms with Crippen molar-refractivity contribution in [1.82, 2.24) is 10.2 Å². The second-order valence-corrected chi connectivity index (χ2v) is 4.34. The Morgan fingerprint density at radius 1 is 1.50 bits per heavy atom. The Kier molecular flexibility index (Phi) is 3.50. The van der Waals surface area contributed by atoms with Crippen molar-refractivity contribution in [1.29, 1.82) is 0 Å². The molecule has 1 aliphatic heterocycles. The largest absolute Gasteiger partial charge is 0.395 e. The quantitative estimate of drug-likeness (QED) is 0.611. The van der Waals surface area contributed by atoms with E-state index in [4.69, 9.17) is 5.11 Å². The first-order valence-corrected chi connectivity index (χ1v) is 4.68.